The number of benzene rings is 3. The molecule has 0 aromatic heterocycles. The maximum absolute atomic E-state index is 12.8. The number of hydrogen-bond donors (Lipinski definition) is 1. The number of fused-ring (bicyclic) bond motifs is 1. The molecule has 0 saturated heterocycles. The number of hydrogen-bond acceptors (Lipinski definition) is 2. The van der Waals surface area contributed by atoms with Gasteiger partial charge in [0.1, 0.15) is 0 Å². The summed E-state index contributed by atoms with van der Waals surface area (Å²) < 4.78 is 0. The van der Waals surface area contributed by atoms with Crippen LogP contribution in [0.2, 0.25) is 5.02 Å². The van der Waals surface area contributed by atoms with Crippen molar-refractivity contribution in [2.24, 2.45) is 0 Å². The average molecular weight is 373 g/mol. The molecule has 3 aromatic rings. The van der Waals surface area contributed by atoms with Crippen LogP contribution < -0.4 is 10.2 Å². The number of carbonyl (C=O) groups excluding carboxylic acids is 1. The molecule has 3 aromatic carbocycles. The van der Waals surface area contributed by atoms with Gasteiger partial charge in [-0.25, -0.2) is 0 Å². The smallest absolute Gasteiger partial charge is 0.259 e. The molecular weight excluding hydrogens is 356 g/mol. The summed E-state index contributed by atoms with van der Waals surface area (Å²) in [5.74, 6) is 6.13. The van der Waals surface area contributed by atoms with Crippen LogP contribution in [-0.4, -0.2) is 11.9 Å². The number of para-hydroxylation sites is 2. The minimum absolute atomic E-state index is 0.119. The van der Waals surface area contributed by atoms with E-state index in [4.69, 9.17) is 11.6 Å². The zero-order chi connectivity index (χ0) is 18.6. The predicted octanol–water partition coefficient (Wildman–Crippen LogP) is 4.72. The molecule has 1 atom stereocenters. The fourth-order valence-electron chi connectivity index (χ4n) is 3.10. The van der Waals surface area contributed by atoms with Gasteiger partial charge in [-0.1, -0.05) is 65.9 Å². The van der Waals surface area contributed by atoms with E-state index in [9.17, 15) is 4.79 Å². The first-order chi connectivity index (χ1) is 13.2. The molecule has 0 aliphatic carbocycles. The van der Waals surface area contributed by atoms with Crippen LogP contribution in [0.4, 0.5) is 11.4 Å². The van der Waals surface area contributed by atoms with Crippen LogP contribution in [-0.2, 0) is 11.3 Å². The number of amides is 1. The fraction of sp³-hybridized carbons (Fsp3) is 0.0870. The molecule has 0 spiro atoms. The van der Waals surface area contributed by atoms with Crippen molar-refractivity contribution in [3.8, 4) is 11.8 Å². The second-order valence-corrected chi connectivity index (χ2v) is 6.74. The summed E-state index contributed by atoms with van der Waals surface area (Å²) in [6, 6.07) is 24.6. The highest BCUT2D eigenvalue weighted by molar-refractivity contribution is 6.30. The molecule has 4 rings (SSSR count). The third-order valence-corrected chi connectivity index (χ3v) is 4.68. The first kappa shape index (κ1) is 17.2. The average Bonchev–Trinajstić information content (AvgIpc) is 2.69. The van der Waals surface area contributed by atoms with E-state index >= 15 is 0 Å². The lowest BCUT2D eigenvalue weighted by atomic mass is 10.1. The van der Waals surface area contributed by atoms with Crippen LogP contribution in [0.3, 0.4) is 0 Å². The van der Waals surface area contributed by atoms with Crippen molar-refractivity contribution in [1.82, 2.24) is 0 Å². The second-order valence-electron chi connectivity index (χ2n) is 6.30. The van der Waals surface area contributed by atoms with Crippen molar-refractivity contribution in [2.75, 3.05) is 10.2 Å². The van der Waals surface area contributed by atoms with Gasteiger partial charge >= 0.3 is 0 Å². The highest BCUT2D eigenvalue weighted by atomic mass is 35.5. The lowest BCUT2D eigenvalue weighted by molar-refractivity contribution is -0.116. The van der Waals surface area contributed by atoms with Crippen molar-refractivity contribution in [2.45, 2.75) is 12.6 Å². The van der Waals surface area contributed by atoms with E-state index in [1.807, 2.05) is 59.5 Å². The Morgan fingerprint density at radius 2 is 1.63 bits per heavy atom. The predicted molar refractivity (Wildman–Crippen MR) is 110 cm³/mol. The molecule has 4 heteroatoms. The summed E-state index contributed by atoms with van der Waals surface area (Å²) in [6.07, 6.45) is 0. The van der Waals surface area contributed by atoms with Gasteiger partial charge in [0.25, 0.3) is 5.91 Å². The molecule has 27 heavy (non-hydrogen) atoms. The van der Waals surface area contributed by atoms with Crippen LogP contribution in [0.1, 0.15) is 11.1 Å². The van der Waals surface area contributed by atoms with Gasteiger partial charge in [0.15, 0.2) is 6.04 Å². The quantitative estimate of drug-likeness (QED) is 0.660. The Balaban J connectivity index is 1.71. The molecule has 1 amide bonds. The van der Waals surface area contributed by atoms with Gasteiger partial charge in [-0.15, -0.1) is 0 Å². The van der Waals surface area contributed by atoms with Crippen LogP contribution >= 0.6 is 11.6 Å². The monoisotopic (exact) mass is 372 g/mol. The topological polar surface area (TPSA) is 32.3 Å². The Bertz CT molecular complexity index is 1020. The van der Waals surface area contributed by atoms with Crippen LogP contribution in [0.5, 0.6) is 0 Å². The van der Waals surface area contributed by atoms with Crippen LogP contribution in [0.15, 0.2) is 78.9 Å². The van der Waals surface area contributed by atoms with Crippen LogP contribution in [0, 0.1) is 11.8 Å². The van der Waals surface area contributed by atoms with Crippen molar-refractivity contribution >= 4 is 28.9 Å². The number of rotatable bonds is 2. The Morgan fingerprint density at radius 1 is 0.926 bits per heavy atom. The molecule has 0 fully saturated rings. The lowest BCUT2D eigenvalue weighted by Gasteiger charge is -2.35. The number of anilines is 2. The molecule has 0 saturated carbocycles. The third kappa shape index (κ3) is 3.81. The summed E-state index contributed by atoms with van der Waals surface area (Å²) >= 11 is 5.93. The fourth-order valence-corrected chi connectivity index (χ4v) is 3.22. The molecule has 1 N–H and O–H groups in total. The molecule has 3 nitrogen and oxygen atoms in total. The first-order valence-electron chi connectivity index (χ1n) is 8.68. The Labute approximate surface area is 163 Å². The highest BCUT2D eigenvalue weighted by Crippen LogP contribution is 2.32. The lowest BCUT2D eigenvalue weighted by Crippen LogP contribution is -2.46. The summed E-state index contributed by atoms with van der Waals surface area (Å²) in [7, 11) is 0. The SMILES string of the molecule is O=C1Nc2ccccc2N(Cc2ccccc2)[C@@H]1C#Cc1ccc(Cl)cc1. The van der Waals surface area contributed by atoms with E-state index in [0.29, 0.717) is 11.6 Å². The maximum Gasteiger partial charge on any atom is 0.259 e. The first-order valence-corrected chi connectivity index (χ1v) is 9.06. The largest absolute Gasteiger partial charge is 0.344 e. The number of nitrogens with one attached hydrogen (secondary N) is 1. The Hall–Kier alpha value is -3.22. The third-order valence-electron chi connectivity index (χ3n) is 4.42. The van der Waals surface area contributed by atoms with Gasteiger partial charge in [0.05, 0.1) is 11.4 Å². The number of halogens is 1. The zero-order valence-corrected chi connectivity index (χ0v) is 15.3. The molecule has 132 valence electrons. The highest BCUT2D eigenvalue weighted by Gasteiger charge is 2.31. The summed E-state index contributed by atoms with van der Waals surface area (Å²) in [6.45, 7) is 0.602. The molecule has 0 radical (unpaired) electrons. The molecule has 0 bridgehead atoms. The minimum atomic E-state index is -0.573. The van der Waals surface area contributed by atoms with Gasteiger partial charge in [-0.2, -0.15) is 0 Å². The van der Waals surface area contributed by atoms with Gasteiger partial charge in [-0.05, 0) is 42.0 Å². The van der Waals surface area contributed by atoms with Crippen molar-refractivity contribution in [3.63, 3.8) is 0 Å². The van der Waals surface area contributed by atoms with Crippen molar-refractivity contribution in [1.29, 1.82) is 0 Å². The number of carbonyl (C=O) groups is 1. The zero-order valence-electron chi connectivity index (χ0n) is 14.5. The van der Waals surface area contributed by atoms with Crippen LogP contribution in [0.25, 0.3) is 0 Å². The summed E-state index contributed by atoms with van der Waals surface area (Å²) in [5.41, 5.74) is 3.73. The van der Waals surface area contributed by atoms with Crippen molar-refractivity contribution < 1.29 is 4.79 Å². The Morgan fingerprint density at radius 3 is 2.41 bits per heavy atom. The Kier molecular flexibility index (Phi) is 4.82. The normalized spacial score (nSPS) is 15.4. The van der Waals surface area contributed by atoms with Gasteiger partial charge in [0, 0.05) is 17.1 Å². The van der Waals surface area contributed by atoms with E-state index in [1.54, 1.807) is 12.1 Å². The molecule has 0 unspecified atom stereocenters. The second kappa shape index (κ2) is 7.57. The maximum atomic E-state index is 12.8. The molecule has 1 aliphatic rings. The molecule has 1 heterocycles. The van der Waals surface area contributed by atoms with Gasteiger partial charge in [0.2, 0.25) is 0 Å². The van der Waals surface area contributed by atoms with E-state index in [1.165, 1.54) is 0 Å². The molecular formula is C23H17ClN2O. The van der Waals surface area contributed by atoms with Gasteiger partial charge < -0.3 is 10.2 Å². The van der Waals surface area contributed by atoms with E-state index in [0.717, 1.165) is 22.5 Å². The standard InChI is InChI=1S/C23H17ClN2O/c24-19-13-10-17(11-14-19)12-15-22-23(27)25-20-8-4-5-9-21(20)26(22)16-18-6-2-1-3-7-18/h1-11,13-14,22H,16H2,(H,25,27)/t22-/m1/s1. The van der Waals surface area contributed by atoms with E-state index in [2.05, 4.69) is 29.3 Å². The van der Waals surface area contributed by atoms with Gasteiger partial charge in [-0.3, -0.25) is 4.79 Å². The number of nitrogens with zero attached hydrogens (tertiary/aromatic N) is 1. The van der Waals surface area contributed by atoms with E-state index < -0.39 is 6.04 Å². The summed E-state index contributed by atoms with van der Waals surface area (Å²) in [5, 5.41) is 3.63. The molecule has 1 aliphatic heterocycles. The van der Waals surface area contributed by atoms with Crippen molar-refractivity contribution in [3.05, 3.63) is 95.0 Å². The summed E-state index contributed by atoms with van der Waals surface area (Å²) in [4.78, 5) is 14.8. The van der Waals surface area contributed by atoms with E-state index in [-0.39, 0.29) is 5.91 Å². The minimum Gasteiger partial charge on any atom is -0.344 e.